The van der Waals surface area contributed by atoms with Gasteiger partial charge in [0.15, 0.2) is 11.9 Å². The van der Waals surface area contributed by atoms with Crippen molar-refractivity contribution in [1.29, 1.82) is 0 Å². The summed E-state index contributed by atoms with van der Waals surface area (Å²) in [6.07, 6.45) is -5.13. The van der Waals surface area contributed by atoms with E-state index in [0.717, 1.165) is 52.9 Å². The normalized spacial score (nSPS) is 15.3. The van der Waals surface area contributed by atoms with E-state index < -0.39 is 36.2 Å². The van der Waals surface area contributed by atoms with Gasteiger partial charge in [0.25, 0.3) is 0 Å². The molecule has 11 heteroatoms. The number of unbranched alkanes of at least 4 members (excludes halogenated alkanes) is 1. The molecule has 0 aromatic rings. The van der Waals surface area contributed by atoms with Crippen LogP contribution in [-0.2, 0) is 14.3 Å². The van der Waals surface area contributed by atoms with Gasteiger partial charge in [0.2, 0.25) is 0 Å². The van der Waals surface area contributed by atoms with Crippen molar-refractivity contribution >= 4 is 11.8 Å². The Hall–Kier alpha value is -1.18. The Kier molecular flexibility index (Phi) is 18.8. The number of esters is 1. The molecule has 0 heterocycles. The lowest BCUT2D eigenvalue weighted by atomic mass is 9.98. The van der Waals surface area contributed by atoms with Crippen LogP contribution in [0.15, 0.2) is 0 Å². The van der Waals surface area contributed by atoms with Gasteiger partial charge in [-0.3, -0.25) is 4.79 Å². The number of carbonyl (C=O) groups excluding carboxylic acids is 2. The van der Waals surface area contributed by atoms with E-state index in [1.54, 1.807) is 0 Å². The predicted molar refractivity (Wildman–Crippen MR) is 117 cm³/mol. The van der Waals surface area contributed by atoms with Crippen LogP contribution in [0, 0.1) is 0 Å². The number of hydrogen-bond donors (Lipinski definition) is 8. The number of aliphatic hydroxyl groups excluding tert-OH is 4. The summed E-state index contributed by atoms with van der Waals surface area (Å²) in [5.74, 6) is -1.85. The lowest BCUT2D eigenvalue weighted by Gasteiger charge is -2.24. The van der Waals surface area contributed by atoms with E-state index in [0.29, 0.717) is 13.0 Å². The second kappa shape index (κ2) is 19.5. The van der Waals surface area contributed by atoms with Crippen molar-refractivity contribution in [3.63, 3.8) is 0 Å². The van der Waals surface area contributed by atoms with Crippen molar-refractivity contribution in [1.82, 2.24) is 21.3 Å². The highest BCUT2D eigenvalue weighted by molar-refractivity contribution is 5.83. The smallest absolute Gasteiger partial charge is 0.337 e. The molecule has 0 amide bonds. The number of nitrogens with one attached hydrogen (secondary N) is 4. The average Bonchev–Trinajstić information content (AvgIpc) is 2.78. The minimum atomic E-state index is -2.05. The first-order valence-corrected chi connectivity index (χ1v) is 11.0. The monoisotopic (exact) mass is 450 g/mol. The molecular formula is C20H42N4O7. The second-order valence-corrected chi connectivity index (χ2v) is 7.32. The molecule has 0 unspecified atom stereocenters. The molecule has 0 spiro atoms. The van der Waals surface area contributed by atoms with E-state index in [2.05, 4.69) is 32.9 Å². The molecule has 0 aliphatic heterocycles. The third-order valence-electron chi connectivity index (χ3n) is 4.69. The molecule has 0 aromatic heterocycles. The molecule has 0 aromatic carbocycles. The van der Waals surface area contributed by atoms with Crippen molar-refractivity contribution in [3.8, 4) is 0 Å². The summed E-state index contributed by atoms with van der Waals surface area (Å²) in [6, 6.07) is 0. The summed E-state index contributed by atoms with van der Waals surface area (Å²) in [4.78, 5) is 23.1. The Balaban J connectivity index is 3.65. The molecule has 11 nitrogen and oxygen atoms in total. The Morgan fingerprint density at radius 2 is 1.13 bits per heavy atom. The summed E-state index contributed by atoms with van der Waals surface area (Å²) in [5.41, 5.74) is 0. The first-order valence-electron chi connectivity index (χ1n) is 11.0. The van der Waals surface area contributed by atoms with E-state index >= 15 is 0 Å². The molecule has 0 saturated carbocycles. The molecule has 0 rings (SSSR count). The van der Waals surface area contributed by atoms with Gasteiger partial charge in [-0.05, 0) is 25.9 Å². The summed E-state index contributed by atoms with van der Waals surface area (Å²) in [6.45, 7) is 8.95. The van der Waals surface area contributed by atoms with Crippen LogP contribution in [0.4, 0.5) is 0 Å². The third-order valence-corrected chi connectivity index (χ3v) is 4.69. The third kappa shape index (κ3) is 14.5. The number of hydrogen-bond acceptors (Lipinski definition) is 11. The van der Waals surface area contributed by atoms with Crippen molar-refractivity contribution in [2.75, 3.05) is 59.5 Å². The van der Waals surface area contributed by atoms with E-state index in [1.165, 1.54) is 12.8 Å². The Morgan fingerprint density at radius 3 is 1.58 bits per heavy atom. The maximum atomic E-state index is 11.9. The standard InChI is InChI=1S/C20H42N4O7/c1-3-4-7-21-9-11-23-13-14-24-12-10-22-8-5-6-15(25)16(26)17(27)18(28)19(29)20(30)31-2/h16-19,21-24,26-29H,3-14H2,1-2H3/t16-,17+,18+,19-/m0/s1. The number of rotatable bonds is 21. The van der Waals surface area contributed by atoms with Crippen LogP contribution < -0.4 is 21.3 Å². The van der Waals surface area contributed by atoms with Crippen molar-refractivity contribution < 1.29 is 34.8 Å². The molecule has 0 aliphatic rings. The highest BCUT2D eigenvalue weighted by atomic mass is 16.5. The molecule has 4 atom stereocenters. The van der Waals surface area contributed by atoms with E-state index in [-0.39, 0.29) is 6.42 Å². The van der Waals surface area contributed by atoms with Crippen LogP contribution in [-0.4, -0.2) is 116 Å². The molecule has 0 saturated heterocycles. The lowest BCUT2D eigenvalue weighted by Crippen LogP contribution is -2.50. The average molecular weight is 451 g/mol. The second-order valence-electron chi connectivity index (χ2n) is 7.32. The summed E-state index contributed by atoms with van der Waals surface area (Å²) >= 11 is 0. The molecule has 184 valence electrons. The largest absolute Gasteiger partial charge is 0.467 e. The number of carbonyl (C=O) groups is 2. The molecule has 8 N–H and O–H groups in total. The van der Waals surface area contributed by atoms with E-state index in [4.69, 9.17) is 0 Å². The summed E-state index contributed by atoms with van der Waals surface area (Å²) < 4.78 is 4.24. The molecule has 0 radical (unpaired) electrons. The fourth-order valence-corrected chi connectivity index (χ4v) is 2.69. The first-order chi connectivity index (χ1) is 14.9. The number of ether oxygens (including phenoxy) is 1. The quantitative estimate of drug-likeness (QED) is 0.0666. The van der Waals surface area contributed by atoms with Crippen molar-refractivity contribution in [3.05, 3.63) is 0 Å². The van der Waals surface area contributed by atoms with Crippen molar-refractivity contribution in [2.45, 2.75) is 57.0 Å². The molecular weight excluding hydrogens is 408 g/mol. The zero-order valence-electron chi connectivity index (χ0n) is 18.8. The maximum Gasteiger partial charge on any atom is 0.337 e. The fraction of sp³-hybridized carbons (Fsp3) is 0.900. The van der Waals surface area contributed by atoms with E-state index in [9.17, 15) is 30.0 Å². The molecule has 0 aliphatic carbocycles. The minimum absolute atomic E-state index is 0.0180. The van der Waals surface area contributed by atoms with Gasteiger partial charge in [-0.15, -0.1) is 0 Å². The van der Waals surface area contributed by atoms with Gasteiger partial charge in [-0.2, -0.15) is 0 Å². The predicted octanol–water partition coefficient (Wildman–Crippen LogP) is -2.89. The summed E-state index contributed by atoms with van der Waals surface area (Å²) in [7, 11) is 1.000. The highest BCUT2D eigenvalue weighted by Crippen LogP contribution is 2.09. The highest BCUT2D eigenvalue weighted by Gasteiger charge is 2.37. The van der Waals surface area contributed by atoms with Gasteiger partial charge < -0.3 is 46.4 Å². The van der Waals surface area contributed by atoms with Gasteiger partial charge >= 0.3 is 5.97 Å². The van der Waals surface area contributed by atoms with Gasteiger partial charge in [0.1, 0.15) is 18.3 Å². The first kappa shape index (κ1) is 29.8. The fourth-order valence-electron chi connectivity index (χ4n) is 2.69. The van der Waals surface area contributed by atoms with Gasteiger partial charge in [0.05, 0.1) is 7.11 Å². The molecule has 0 fully saturated rings. The topological polar surface area (TPSA) is 172 Å². The van der Waals surface area contributed by atoms with Gasteiger partial charge in [-0.25, -0.2) is 4.79 Å². The zero-order valence-corrected chi connectivity index (χ0v) is 18.8. The SMILES string of the molecule is CCCCNCCNCCNCCNCCCC(=O)[C@H](O)[C@@H](O)[C@@H](O)[C@H](O)C(=O)OC. The molecule has 31 heavy (non-hydrogen) atoms. The summed E-state index contributed by atoms with van der Waals surface area (Å²) in [5, 5.41) is 51.9. The van der Waals surface area contributed by atoms with Crippen LogP contribution >= 0.6 is 0 Å². The Bertz CT molecular complexity index is 471. The van der Waals surface area contributed by atoms with Crippen LogP contribution in [0.25, 0.3) is 0 Å². The maximum absolute atomic E-state index is 11.9. The molecule has 0 bridgehead atoms. The van der Waals surface area contributed by atoms with Crippen LogP contribution in [0.5, 0.6) is 0 Å². The van der Waals surface area contributed by atoms with Crippen LogP contribution in [0.1, 0.15) is 32.6 Å². The van der Waals surface area contributed by atoms with Gasteiger partial charge in [0, 0.05) is 45.7 Å². The zero-order chi connectivity index (χ0) is 23.5. The van der Waals surface area contributed by atoms with Crippen LogP contribution in [0.2, 0.25) is 0 Å². The van der Waals surface area contributed by atoms with Crippen LogP contribution in [0.3, 0.4) is 0 Å². The number of aliphatic hydroxyl groups is 4. The Morgan fingerprint density at radius 1 is 0.710 bits per heavy atom. The Labute approximate surface area is 184 Å². The van der Waals surface area contributed by atoms with E-state index in [1.807, 2.05) is 0 Å². The number of ketones is 1. The van der Waals surface area contributed by atoms with Crippen molar-refractivity contribution in [2.24, 2.45) is 0 Å². The number of Topliss-reactive ketones (excluding diaryl/α,β-unsaturated/α-hetero) is 1. The minimum Gasteiger partial charge on any atom is -0.467 e. The lowest BCUT2D eigenvalue weighted by molar-refractivity contribution is -0.168. The van der Waals surface area contributed by atoms with Gasteiger partial charge in [-0.1, -0.05) is 13.3 Å². The number of methoxy groups -OCH3 is 1.